The van der Waals surface area contributed by atoms with E-state index in [0.717, 1.165) is 5.56 Å². The quantitative estimate of drug-likeness (QED) is 0.371. The minimum atomic E-state index is -0.787. The van der Waals surface area contributed by atoms with Crippen molar-refractivity contribution in [1.29, 1.82) is 0 Å². The molecule has 1 saturated heterocycles. The number of Topliss-reactive ketones (excluding diaryl/α,β-unsaturated/α-hetero) is 1. The van der Waals surface area contributed by atoms with Crippen molar-refractivity contribution in [1.82, 2.24) is 0 Å². The minimum absolute atomic E-state index is 0.0237. The van der Waals surface area contributed by atoms with Crippen LogP contribution in [0.3, 0.4) is 0 Å². The van der Waals surface area contributed by atoms with Crippen molar-refractivity contribution in [2.75, 3.05) is 20.5 Å². The molecule has 3 aliphatic rings. The summed E-state index contributed by atoms with van der Waals surface area (Å²) in [5.74, 6) is -2.20. The van der Waals surface area contributed by atoms with Crippen LogP contribution in [0.15, 0.2) is 23.0 Å². The van der Waals surface area contributed by atoms with Crippen LogP contribution in [-0.2, 0) is 33.3 Å². The number of hydrogen-bond donors (Lipinski definition) is 0. The SMILES string of the molecule is CCOCO[C@H]1C[C@@H](C(=O)OC)[C@]2(C)CC[C@H]3C(=O)O[C@@H](c4ccoc4)C[C@]3(C)[C@H]2C1=O. The van der Waals surface area contributed by atoms with Gasteiger partial charge in [-0.3, -0.25) is 14.4 Å². The van der Waals surface area contributed by atoms with Crippen LogP contribution in [0.25, 0.3) is 0 Å². The smallest absolute Gasteiger partial charge is 0.310 e. The number of carbonyl (C=O) groups excluding carboxylic acids is 3. The van der Waals surface area contributed by atoms with Crippen LogP contribution >= 0.6 is 0 Å². The maximum absolute atomic E-state index is 13.9. The first-order valence-corrected chi connectivity index (χ1v) is 11.3. The fraction of sp³-hybridized carbons (Fsp3) is 0.708. The van der Waals surface area contributed by atoms with Gasteiger partial charge in [-0.2, -0.15) is 0 Å². The van der Waals surface area contributed by atoms with E-state index in [-0.39, 0.29) is 30.9 Å². The molecule has 32 heavy (non-hydrogen) atoms. The van der Waals surface area contributed by atoms with Gasteiger partial charge in [0.1, 0.15) is 19.0 Å². The highest BCUT2D eigenvalue weighted by Gasteiger charge is 2.67. The van der Waals surface area contributed by atoms with Gasteiger partial charge in [0.25, 0.3) is 0 Å². The Bertz CT molecular complexity index is 863. The third-order valence-electron chi connectivity index (χ3n) is 8.06. The number of carbonyl (C=O) groups is 3. The number of rotatable bonds is 6. The molecule has 2 heterocycles. The summed E-state index contributed by atoms with van der Waals surface area (Å²) in [5.41, 5.74) is -0.567. The molecule has 0 bridgehead atoms. The van der Waals surface area contributed by atoms with Crippen molar-refractivity contribution in [3.63, 3.8) is 0 Å². The Morgan fingerprint density at radius 2 is 2.03 bits per heavy atom. The van der Waals surface area contributed by atoms with Crippen LogP contribution in [-0.4, -0.2) is 44.3 Å². The van der Waals surface area contributed by atoms with Crippen LogP contribution < -0.4 is 0 Å². The molecule has 8 nitrogen and oxygen atoms in total. The summed E-state index contributed by atoms with van der Waals surface area (Å²) in [5, 5.41) is 0. The number of furan rings is 1. The topological polar surface area (TPSA) is 101 Å². The van der Waals surface area contributed by atoms with E-state index in [1.54, 1.807) is 18.6 Å². The number of hydrogen-bond acceptors (Lipinski definition) is 8. The normalized spacial score (nSPS) is 39.1. The standard InChI is InChI=1S/C24H32O8/c1-5-29-13-31-17-10-16(21(26)28-4)23(2)8-6-15-22(27)32-18(14-7-9-30-12-14)11-24(15,3)20(23)19(17)25/h7,9,12,15-18,20H,5-6,8,10-11,13H2,1-4H3/t15-,16-,17-,18+,20-,23-,24-/m0/s1. The van der Waals surface area contributed by atoms with Gasteiger partial charge in [-0.1, -0.05) is 13.8 Å². The van der Waals surface area contributed by atoms with Gasteiger partial charge < -0.3 is 23.4 Å². The van der Waals surface area contributed by atoms with E-state index in [1.807, 2.05) is 20.8 Å². The van der Waals surface area contributed by atoms with E-state index >= 15 is 0 Å². The molecule has 3 fully saturated rings. The van der Waals surface area contributed by atoms with Gasteiger partial charge in [0.15, 0.2) is 5.78 Å². The van der Waals surface area contributed by atoms with Crippen LogP contribution in [0.2, 0.25) is 0 Å². The number of methoxy groups -OCH3 is 1. The molecule has 0 unspecified atom stereocenters. The Balaban J connectivity index is 1.74. The van der Waals surface area contributed by atoms with Crippen molar-refractivity contribution in [2.45, 2.75) is 58.7 Å². The van der Waals surface area contributed by atoms with Crippen molar-refractivity contribution in [3.05, 3.63) is 24.2 Å². The molecule has 2 aliphatic carbocycles. The fourth-order valence-electron chi connectivity index (χ4n) is 6.52. The van der Waals surface area contributed by atoms with Crippen LogP contribution in [0, 0.1) is 28.6 Å². The molecule has 2 saturated carbocycles. The van der Waals surface area contributed by atoms with E-state index in [2.05, 4.69) is 0 Å². The summed E-state index contributed by atoms with van der Waals surface area (Å²) in [6.45, 7) is 6.26. The lowest BCUT2D eigenvalue weighted by Gasteiger charge is -2.61. The summed E-state index contributed by atoms with van der Waals surface area (Å²) in [6, 6.07) is 1.78. The van der Waals surface area contributed by atoms with Gasteiger partial charge in [0, 0.05) is 18.1 Å². The summed E-state index contributed by atoms with van der Waals surface area (Å²) in [7, 11) is 1.37. The van der Waals surface area contributed by atoms with E-state index in [0.29, 0.717) is 25.9 Å². The van der Waals surface area contributed by atoms with E-state index < -0.39 is 40.8 Å². The Labute approximate surface area is 187 Å². The second kappa shape index (κ2) is 8.63. The monoisotopic (exact) mass is 448 g/mol. The van der Waals surface area contributed by atoms with Crippen molar-refractivity contribution in [3.8, 4) is 0 Å². The van der Waals surface area contributed by atoms with Crippen molar-refractivity contribution >= 4 is 17.7 Å². The summed E-state index contributed by atoms with van der Waals surface area (Å²) in [6.07, 6.45) is 3.67. The number of esters is 2. The highest BCUT2D eigenvalue weighted by Crippen LogP contribution is 2.65. The first kappa shape index (κ1) is 23.0. The first-order chi connectivity index (χ1) is 15.3. The van der Waals surface area contributed by atoms with E-state index in [4.69, 9.17) is 23.4 Å². The molecule has 0 radical (unpaired) electrons. The molecule has 1 aliphatic heterocycles. The molecule has 0 amide bonds. The van der Waals surface area contributed by atoms with Gasteiger partial charge in [-0.15, -0.1) is 0 Å². The van der Waals surface area contributed by atoms with E-state index in [9.17, 15) is 14.4 Å². The molecule has 4 rings (SSSR count). The number of fused-ring (bicyclic) bond motifs is 3. The van der Waals surface area contributed by atoms with Crippen LogP contribution in [0.5, 0.6) is 0 Å². The molecular formula is C24H32O8. The van der Waals surface area contributed by atoms with Crippen LogP contribution in [0.4, 0.5) is 0 Å². The average molecular weight is 449 g/mol. The first-order valence-electron chi connectivity index (χ1n) is 11.3. The molecule has 8 heteroatoms. The Morgan fingerprint density at radius 1 is 1.25 bits per heavy atom. The lowest BCUT2D eigenvalue weighted by Crippen LogP contribution is -2.64. The fourth-order valence-corrected chi connectivity index (χ4v) is 6.52. The zero-order valence-corrected chi connectivity index (χ0v) is 19.1. The number of ketones is 1. The molecule has 1 aromatic rings. The molecule has 7 atom stereocenters. The second-order valence-corrected chi connectivity index (χ2v) is 9.70. The highest BCUT2D eigenvalue weighted by molar-refractivity contribution is 5.92. The third-order valence-corrected chi connectivity index (χ3v) is 8.06. The second-order valence-electron chi connectivity index (χ2n) is 9.70. The largest absolute Gasteiger partial charge is 0.472 e. The van der Waals surface area contributed by atoms with Crippen molar-refractivity contribution in [2.24, 2.45) is 28.6 Å². The molecular weight excluding hydrogens is 416 g/mol. The molecule has 1 aromatic heterocycles. The molecule has 0 spiro atoms. The third kappa shape index (κ3) is 3.57. The van der Waals surface area contributed by atoms with Crippen LogP contribution in [0.1, 0.15) is 58.1 Å². The number of cyclic esters (lactones) is 1. The Kier molecular flexibility index (Phi) is 6.20. The predicted octanol–water partition coefficient (Wildman–Crippen LogP) is 3.45. The maximum Gasteiger partial charge on any atom is 0.310 e. The highest BCUT2D eigenvalue weighted by atomic mass is 16.7. The van der Waals surface area contributed by atoms with Crippen molar-refractivity contribution < 1.29 is 37.7 Å². The minimum Gasteiger partial charge on any atom is -0.472 e. The maximum atomic E-state index is 13.9. The van der Waals surface area contributed by atoms with Gasteiger partial charge in [0.05, 0.1) is 31.5 Å². The number of ether oxygens (including phenoxy) is 4. The van der Waals surface area contributed by atoms with Gasteiger partial charge in [-0.25, -0.2) is 0 Å². The lowest BCUT2D eigenvalue weighted by atomic mass is 9.43. The summed E-state index contributed by atoms with van der Waals surface area (Å²) < 4.78 is 27.2. The predicted molar refractivity (Wildman–Crippen MR) is 111 cm³/mol. The zero-order chi connectivity index (χ0) is 23.1. The summed E-state index contributed by atoms with van der Waals surface area (Å²) >= 11 is 0. The van der Waals surface area contributed by atoms with Gasteiger partial charge in [0.2, 0.25) is 0 Å². The summed E-state index contributed by atoms with van der Waals surface area (Å²) in [4.78, 5) is 39.8. The van der Waals surface area contributed by atoms with Gasteiger partial charge >= 0.3 is 11.9 Å². The molecule has 0 N–H and O–H groups in total. The van der Waals surface area contributed by atoms with Gasteiger partial charge in [-0.05, 0) is 49.5 Å². The molecule has 0 aromatic carbocycles. The average Bonchev–Trinajstić information content (AvgIpc) is 3.29. The zero-order valence-electron chi connectivity index (χ0n) is 19.1. The molecule has 176 valence electrons. The van der Waals surface area contributed by atoms with E-state index in [1.165, 1.54) is 7.11 Å². The Morgan fingerprint density at radius 3 is 2.69 bits per heavy atom. The Hall–Kier alpha value is -2.19. The lowest BCUT2D eigenvalue weighted by molar-refractivity contribution is -0.213.